The van der Waals surface area contributed by atoms with E-state index in [1.54, 1.807) is 11.8 Å². The number of hydrogen-bond acceptors (Lipinski definition) is 4. The third-order valence-corrected chi connectivity index (χ3v) is 4.21. The van der Waals surface area contributed by atoms with Gasteiger partial charge in [0.25, 0.3) is 0 Å². The third-order valence-electron chi connectivity index (χ3n) is 3.58. The molecule has 2 heterocycles. The largest absolute Gasteiger partial charge is 0.222 e. The van der Waals surface area contributed by atoms with E-state index in [0.29, 0.717) is 0 Å². The molecule has 0 spiro atoms. The lowest BCUT2D eigenvalue weighted by Gasteiger charge is -2.02. The Morgan fingerprint density at radius 2 is 1.73 bits per heavy atom. The average molecular weight is 306 g/mol. The second-order valence-electron chi connectivity index (χ2n) is 5.04. The molecule has 0 bridgehead atoms. The molecule has 0 radical (unpaired) electrons. The molecule has 2 aromatic heterocycles. The van der Waals surface area contributed by atoms with E-state index in [1.807, 2.05) is 53.2 Å². The maximum absolute atomic E-state index is 4.74. The van der Waals surface area contributed by atoms with Crippen molar-refractivity contribution in [1.82, 2.24) is 19.6 Å². The van der Waals surface area contributed by atoms with Gasteiger partial charge in [0.15, 0.2) is 16.6 Å². The van der Waals surface area contributed by atoms with E-state index in [4.69, 9.17) is 4.98 Å². The van der Waals surface area contributed by atoms with Gasteiger partial charge in [0.05, 0.1) is 5.52 Å². The molecule has 4 aromatic rings. The minimum absolute atomic E-state index is 0.727. The zero-order valence-corrected chi connectivity index (χ0v) is 12.9. The highest BCUT2D eigenvalue weighted by Crippen LogP contribution is 2.22. The van der Waals surface area contributed by atoms with Crippen molar-refractivity contribution in [3.05, 3.63) is 66.0 Å². The van der Waals surface area contributed by atoms with Crippen molar-refractivity contribution in [2.75, 3.05) is 6.26 Å². The summed E-state index contributed by atoms with van der Waals surface area (Å²) in [5.74, 6) is 0.819. The molecule has 0 N–H and O–H groups in total. The van der Waals surface area contributed by atoms with Crippen LogP contribution in [-0.4, -0.2) is 25.8 Å². The first-order valence-corrected chi connectivity index (χ1v) is 8.30. The highest BCUT2D eigenvalue weighted by atomic mass is 32.2. The molecule has 0 saturated heterocycles. The Labute approximate surface area is 132 Å². The molecule has 4 nitrogen and oxygen atoms in total. The van der Waals surface area contributed by atoms with Gasteiger partial charge in [0.1, 0.15) is 0 Å². The molecule has 0 aliphatic rings. The Morgan fingerprint density at radius 1 is 0.955 bits per heavy atom. The Balaban J connectivity index is 1.90. The summed E-state index contributed by atoms with van der Waals surface area (Å²) in [4.78, 5) is 9.41. The van der Waals surface area contributed by atoms with Crippen LogP contribution in [0.1, 0.15) is 11.4 Å². The van der Waals surface area contributed by atoms with Gasteiger partial charge in [-0.2, -0.15) is 4.52 Å². The summed E-state index contributed by atoms with van der Waals surface area (Å²) in [5, 5.41) is 6.55. The van der Waals surface area contributed by atoms with E-state index in [-0.39, 0.29) is 0 Å². The zero-order chi connectivity index (χ0) is 14.9. The maximum atomic E-state index is 4.74. The van der Waals surface area contributed by atoms with Gasteiger partial charge in [-0.15, -0.1) is 5.10 Å². The fraction of sp³-hybridized carbons (Fsp3) is 0.118. The Morgan fingerprint density at radius 3 is 2.55 bits per heavy atom. The number of thioether (sulfide) groups is 1. The normalized spacial score (nSPS) is 11.3. The van der Waals surface area contributed by atoms with Crippen molar-refractivity contribution in [3.8, 4) is 0 Å². The quantitative estimate of drug-likeness (QED) is 0.428. The lowest BCUT2D eigenvalue weighted by Crippen LogP contribution is -1.98. The van der Waals surface area contributed by atoms with Crippen LogP contribution in [0.4, 0.5) is 0 Å². The van der Waals surface area contributed by atoms with Crippen LogP contribution in [0.2, 0.25) is 0 Å². The van der Waals surface area contributed by atoms with Crippen molar-refractivity contribution in [1.29, 1.82) is 0 Å². The lowest BCUT2D eigenvalue weighted by atomic mass is 10.1. The molecular formula is C17H14N4S. The SMILES string of the molecule is CSc1nc2ccccc2c2nc(Cc3ccccc3)nn12. The molecule has 0 atom stereocenters. The van der Waals surface area contributed by atoms with Crippen molar-refractivity contribution in [2.45, 2.75) is 11.6 Å². The summed E-state index contributed by atoms with van der Waals surface area (Å²) in [6.45, 7) is 0. The minimum Gasteiger partial charge on any atom is -0.222 e. The zero-order valence-electron chi connectivity index (χ0n) is 12.1. The molecule has 22 heavy (non-hydrogen) atoms. The second kappa shape index (κ2) is 5.42. The van der Waals surface area contributed by atoms with Gasteiger partial charge in [-0.3, -0.25) is 0 Å². The standard InChI is InChI=1S/C17H14N4S/c1-22-17-18-14-10-6-5-9-13(14)16-19-15(20-21(16)17)11-12-7-3-2-4-8-12/h2-10H,11H2,1H3. The van der Waals surface area contributed by atoms with Crippen LogP contribution >= 0.6 is 11.8 Å². The van der Waals surface area contributed by atoms with Crippen LogP contribution in [0.25, 0.3) is 16.6 Å². The number of rotatable bonds is 3. The van der Waals surface area contributed by atoms with Gasteiger partial charge in [-0.05, 0) is 24.0 Å². The van der Waals surface area contributed by atoms with Gasteiger partial charge in [0.2, 0.25) is 0 Å². The van der Waals surface area contributed by atoms with Crippen molar-refractivity contribution < 1.29 is 0 Å². The first kappa shape index (κ1) is 13.3. The predicted molar refractivity (Wildman–Crippen MR) is 89.3 cm³/mol. The van der Waals surface area contributed by atoms with Crippen LogP contribution in [-0.2, 0) is 6.42 Å². The molecule has 0 aliphatic heterocycles. The van der Waals surface area contributed by atoms with Crippen LogP contribution in [0, 0.1) is 0 Å². The topological polar surface area (TPSA) is 43.1 Å². The molecule has 5 heteroatoms. The predicted octanol–water partition coefficient (Wildman–Crippen LogP) is 3.59. The number of benzene rings is 2. The summed E-state index contributed by atoms with van der Waals surface area (Å²) >= 11 is 1.58. The van der Waals surface area contributed by atoms with Gasteiger partial charge >= 0.3 is 0 Å². The van der Waals surface area contributed by atoms with Gasteiger partial charge in [-0.1, -0.05) is 54.2 Å². The third kappa shape index (κ3) is 2.23. The monoisotopic (exact) mass is 306 g/mol. The molecule has 0 amide bonds. The summed E-state index contributed by atoms with van der Waals surface area (Å²) in [5.41, 5.74) is 3.04. The van der Waals surface area contributed by atoms with Gasteiger partial charge < -0.3 is 0 Å². The molecule has 0 aliphatic carbocycles. The molecule has 4 rings (SSSR count). The highest BCUT2D eigenvalue weighted by molar-refractivity contribution is 7.98. The molecule has 0 unspecified atom stereocenters. The van der Waals surface area contributed by atoms with E-state index in [9.17, 15) is 0 Å². The Bertz CT molecular complexity index is 947. The lowest BCUT2D eigenvalue weighted by molar-refractivity contribution is 0.789. The van der Waals surface area contributed by atoms with Crippen LogP contribution in [0.15, 0.2) is 59.8 Å². The number of nitrogens with zero attached hydrogens (tertiary/aromatic N) is 4. The van der Waals surface area contributed by atoms with E-state index < -0.39 is 0 Å². The molecule has 108 valence electrons. The number of hydrogen-bond donors (Lipinski definition) is 0. The van der Waals surface area contributed by atoms with Crippen molar-refractivity contribution >= 4 is 28.3 Å². The first-order chi connectivity index (χ1) is 10.8. The number of para-hydroxylation sites is 1. The maximum Gasteiger partial charge on any atom is 0.191 e. The minimum atomic E-state index is 0.727. The van der Waals surface area contributed by atoms with E-state index in [0.717, 1.165) is 34.0 Å². The van der Waals surface area contributed by atoms with Crippen LogP contribution in [0.3, 0.4) is 0 Å². The molecule has 2 aromatic carbocycles. The van der Waals surface area contributed by atoms with E-state index in [1.165, 1.54) is 5.56 Å². The van der Waals surface area contributed by atoms with Gasteiger partial charge in [-0.25, -0.2) is 9.97 Å². The second-order valence-corrected chi connectivity index (χ2v) is 5.81. The first-order valence-electron chi connectivity index (χ1n) is 7.07. The summed E-state index contributed by atoms with van der Waals surface area (Å²) in [6, 6.07) is 18.3. The summed E-state index contributed by atoms with van der Waals surface area (Å²) in [7, 11) is 0. The molecule has 0 saturated carbocycles. The molecule has 0 fully saturated rings. The van der Waals surface area contributed by atoms with Gasteiger partial charge in [0, 0.05) is 11.8 Å². The van der Waals surface area contributed by atoms with E-state index in [2.05, 4.69) is 22.2 Å². The highest BCUT2D eigenvalue weighted by Gasteiger charge is 2.12. The van der Waals surface area contributed by atoms with Crippen LogP contribution in [0.5, 0.6) is 0 Å². The number of fused-ring (bicyclic) bond motifs is 3. The summed E-state index contributed by atoms with van der Waals surface area (Å²) < 4.78 is 1.85. The molecular weight excluding hydrogens is 292 g/mol. The van der Waals surface area contributed by atoms with Crippen molar-refractivity contribution in [3.63, 3.8) is 0 Å². The fourth-order valence-electron chi connectivity index (χ4n) is 2.56. The van der Waals surface area contributed by atoms with E-state index >= 15 is 0 Å². The smallest absolute Gasteiger partial charge is 0.191 e. The van der Waals surface area contributed by atoms with Crippen LogP contribution < -0.4 is 0 Å². The Hall–Kier alpha value is -2.40. The summed E-state index contributed by atoms with van der Waals surface area (Å²) in [6.07, 6.45) is 2.74. The fourth-order valence-corrected chi connectivity index (χ4v) is 3.05. The van der Waals surface area contributed by atoms with Crippen molar-refractivity contribution in [2.24, 2.45) is 0 Å². The Kier molecular flexibility index (Phi) is 3.27. The average Bonchev–Trinajstić information content (AvgIpc) is 2.99. The number of aromatic nitrogens is 4.